The molecule has 0 saturated carbocycles. The molecule has 1 heterocycles. The lowest BCUT2D eigenvalue weighted by molar-refractivity contribution is 0.209. The average Bonchev–Trinajstić information content (AvgIpc) is 2.96. The van der Waals surface area contributed by atoms with Crippen LogP contribution in [0.25, 0.3) is 10.2 Å². The number of rotatable bonds is 5. The van der Waals surface area contributed by atoms with Crippen molar-refractivity contribution in [2.75, 3.05) is 11.9 Å². The van der Waals surface area contributed by atoms with Crippen molar-refractivity contribution >= 4 is 44.5 Å². The Bertz CT molecular complexity index is 737. The van der Waals surface area contributed by atoms with E-state index in [-0.39, 0.29) is 6.10 Å². The van der Waals surface area contributed by atoms with Gasteiger partial charge in [0.1, 0.15) is 5.01 Å². The van der Waals surface area contributed by atoms with Gasteiger partial charge in [0.15, 0.2) is 11.2 Å². The third kappa shape index (κ3) is 3.61. The minimum atomic E-state index is -0.185. The molecule has 1 N–H and O–H groups in total. The van der Waals surface area contributed by atoms with Gasteiger partial charge in [0.2, 0.25) is 0 Å². The van der Waals surface area contributed by atoms with Crippen LogP contribution >= 0.6 is 23.6 Å². The monoisotopic (exact) mass is 328 g/mol. The Kier molecular flexibility index (Phi) is 4.65. The number of anilines is 1. The Balaban J connectivity index is 1.81. The van der Waals surface area contributed by atoms with Gasteiger partial charge in [0.05, 0.1) is 16.8 Å². The van der Waals surface area contributed by atoms with Crippen molar-refractivity contribution in [1.29, 1.82) is 0 Å². The largest absolute Gasteiger partial charge is 0.475 e. The number of ether oxygens (including phenoxy) is 1. The second kappa shape index (κ2) is 6.85. The van der Waals surface area contributed by atoms with Crippen LogP contribution in [-0.2, 0) is 4.74 Å². The van der Waals surface area contributed by atoms with E-state index in [1.807, 2.05) is 48.5 Å². The van der Waals surface area contributed by atoms with Gasteiger partial charge in [-0.3, -0.25) is 0 Å². The fourth-order valence-electron chi connectivity index (χ4n) is 2.17. The summed E-state index contributed by atoms with van der Waals surface area (Å²) in [6, 6.07) is 18.2. The van der Waals surface area contributed by atoms with Crippen LogP contribution < -0.4 is 5.32 Å². The van der Waals surface area contributed by atoms with Crippen molar-refractivity contribution in [2.24, 2.45) is 0 Å². The SMILES string of the molecule is CC(=S)OC(CNc1ccccc1)c1nc2ccccc2s1. The third-order valence-electron chi connectivity index (χ3n) is 3.16. The summed E-state index contributed by atoms with van der Waals surface area (Å²) in [5.41, 5.74) is 2.05. The summed E-state index contributed by atoms with van der Waals surface area (Å²) in [7, 11) is 0. The van der Waals surface area contributed by atoms with Crippen LogP contribution in [0.2, 0.25) is 0 Å². The van der Waals surface area contributed by atoms with Crippen LogP contribution in [0.1, 0.15) is 18.0 Å². The third-order valence-corrected chi connectivity index (χ3v) is 4.38. The summed E-state index contributed by atoms with van der Waals surface area (Å²) in [5, 5.41) is 4.84. The van der Waals surface area contributed by atoms with Gasteiger partial charge in [-0.15, -0.1) is 11.3 Å². The summed E-state index contributed by atoms with van der Waals surface area (Å²) in [5.74, 6) is 0. The van der Waals surface area contributed by atoms with Gasteiger partial charge in [0.25, 0.3) is 0 Å². The van der Waals surface area contributed by atoms with Crippen LogP contribution in [-0.4, -0.2) is 16.6 Å². The highest BCUT2D eigenvalue weighted by Crippen LogP contribution is 2.28. The van der Waals surface area contributed by atoms with E-state index in [2.05, 4.69) is 16.4 Å². The molecule has 0 fully saturated rings. The van der Waals surface area contributed by atoms with Crippen molar-refractivity contribution < 1.29 is 4.74 Å². The molecule has 112 valence electrons. The normalized spacial score (nSPS) is 12.0. The molecule has 0 aliphatic rings. The van der Waals surface area contributed by atoms with E-state index in [1.165, 1.54) is 0 Å². The van der Waals surface area contributed by atoms with Gasteiger partial charge in [-0.2, -0.15) is 0 Å². The number of nitrogens with zero attached hydrogens (tertiary/aromatic N) is 1. The summed E-state index contributed by atoms with van der Waals surface area (Å²) in [6.07, 6.45) is -0.185. The van der Waals surface area contributed by atoms with Crippen molar-refractivity contribution in [1.82, 2.24) is 4.98 Å². The topological polar surface area (TPSA) is 34.1 Å². The smallest absolute Gasteiger partial charge is 0.168 e. The van der Waals surface area contributed by atoms with Gasteiger partial charge >= 0.3 is 0 Å². The van der Waals surface area contributed by atoms with E-state index < -0.39 is 0 Å². The van der Waals surface area contributed by atoms with E-state index in [1.54, 1.807) is 18.3 Å². The number of benzene rings is 2. The first-order valence-corrected chi connectivity index (χ1v) is 8.26. The fraction of sp³-hybridized carbons (Fsp3) is 0.176. The molecular formula is C17H16N2OS2. The summed E-state index contributed by atoms with van der Waals surface area (Å²) in [6.45, 7) is 2.41. The second-order valence-corrected chi connectivity index (χ2v) is 6.50. The summed E-state index contributed by atoms with van der Waals surface area (Å²) < 4.78 is 6.96. The van der Waals surface area contributed by atoms with Crippen LogP contribution in [0, 0.1) is 0 Å². The van der Waals surface area contributed by atoms with Crippen molar-refractivity contribution in [3.8, 4) is 0 Å². The maximum absolute atomic E-state index is 5.80. The zero-order valence-corrected chi connectivity index (χ0v) is 13.8. The Hall–Kier alpha value is -1.98. The van der Waals surface area contributed by atoms with Gasteiger partial charge in [-0.1, -0.05) is 30.3 Å². The van der Waals surface area contributed by atoms with Crippen LogP contribution in [0.15, 0.2) is 54.6 Å². The number of hydrogen-bond acceptors (Lipinski definition) is 5. The van der Waals surface area contributed by atoms with Crippen molar-refractivity contribution in [3.63, 3.8) is 0 Å². The number of para-hydroxylation sites is 2. The quantitative estimate of drug-likeness (QED) is 0.681. The molecule has 0 radical (unpaired) electrons. The van der Waals surface area contributed by atoms with E-state index in [0.29, 0.717) is 11.6 Å². The molecular weight excluding hydrogens is 312 g/mol. The minimum absolute atomic E-state index is 0.185. The number of hydrogen-bond donors (Lipinski definition) is 1. The molecule has 1 atom stereocenters. The molecule has 1 aromatic heterocycles. The molecule has 22 heavy (non-hydrogen) atoms. The molecule has 2 aromatic carbocycles. The molecule has 1 unspecified atom stereocenters. The van der Waals surface area contributed by atoms with Crippen LogP contribution in [0.3, 0.4) is 0 Å². The Morgan fingerprint density at radius 1 is 1.18 bits per heavy atom. The Morgan fingerprint density at radius 3 is 2.64 bits per heavy atom. The first kappa shape index (κ1) is 14.9. The summed E-state index contributed by atoms with van der Waals surface area (Å²) in [4.78, 5) is 4.67. The molecule has 3 aromatic rings. The molecule has 3 rings (SSSR count). The number of thiocarbonyl (C=S) groups is 1. The number of nitrogens with one attached hydrogen (secondary N) is 1. The number of thiazole rings is 1. The van der Waals surface area contributed by atoms with E-state index in [4.69, 9.17) is 17.0 Å². The molecule has 0 amide bonds. The average molecular weight is 328 g/mol. The Morgan fingerprint density at radius 2 is 1.91 bits per heavy atom. The zero-order valence-electron chi connectivity index (χ0n) is 12.2. The standard InChI is InChI=1S/C17H16N2OS2/c1-12(21)20-15(11-18-13-7-3-2-4-8-13)17-19-14-9-5-6-10-16(14)22-17/h2-10,15,18H,11H2,1H3. The van der Waals surface area contributed by atoms with Crippen molar-refractivity contribution in [3.05, 3.63) is 59.6 Å². The predicted molar refractivity (Wildman–Crippen MR) is 96.6 cm³/mol. The van der Waals surface area contributed by atoms with Crippen LogP contribution in [0.5, 0.6) is 0 Å². The van der Waals surface area contributed by atoms with Crippen molar-refractivity contribution in [2.45, 2.75) is 13.0 Å². The minimum Gasteiger partial charge on any atom is -0.475 e. The molecule has 0 saturated heterocycles. The highest BCUT2D eigenvalue weighted by Gasteiger charge is 2.18. The number of aromatic nitrogens is 1. The fourth-order valence-corrected chi connectivity index (χ4v) is 3.29. The van der Waals surface area contributed by atoms with E-state index in [9.17, 15) is 0 Å². The maximum Gasteiger partial charge on any atom is 0.168 e. The lowest BCUT2D eigenvalue weighted by atomic mass is 10.3. The molecule has 0 spiro atoms. The zero-order chi connectivity index (χ0) is 15.4. The predicted octanol–water partition coefficient (Wildman–Crippen LogP) is 4.81. The molecule has 0 aliphatic heterocycles. The van der Waals surface area contributed by atoms with Gasteiger partial charge in [-0.05, 0) is 36.5 Å². The molecule has 0 bridgehead atoms. The van der Waals surface area contributed by atoms with Gasteiger partial charge in [-0.25, -0.2) is 4.98 Å². The lowest BCUT2D eigenvalue weighted by Crippen LogP contribution is -2.17. The maximum atomic E-state index is 5.80. The van der Waals surface area contributed by atoms with Gasteiger partial charge < -0.3 is 10.1 Å². The highest BCUT2D eigenvalue weighted by molar-refractivity contribution is 7.80. The Labute approximate surface area is 139 Å². The van der Waals surface area contributed by atoms with Gasteiger partial charge in [0, 0.05) is 12.6 Å². The molecule has 5 heteroatoms. The first-order chi connectivity index (χ1) is 10.7. The molecule has 3 nitrogen and oxygen atoms in total. The first-order valence-electron chi connectivity index (χ1n) is 7.04. The highest BCUT2D eigenvalue weighted by atomic mass is 32.1. The van der Waals surface area contributed by atoms with Crippen LogP contribution in [0.4, 0.5) is 5.69 Å². The summed E-state index contributed by atoms with van der Waals surface area (Å²) >= 11 is 6.76. The number of fused-ring (bicyclic) bond motifs is 1. The van der Waals surface area contributed by atoms with E-state index in [0.717, 1.165) is 20.9 Å². The molecule has 0 aliphatic carbocycles. The lowest BCUT2D eigenvalue weighted by Gasteiger charge is -2.17. The van der Waals surface area contributed by atoms with E-state index >= 15 is 0 Å². The second-order valence-electron chi connectivity index (χ2n) is 4.86.